The van der Waals surface area contributed by atoms with Crippen LogP contribution in [0.4, 0.5) is 5.69 Å². The van der Waals surface area contributed by atoms with E-state index in [4.69, 9.17) is 5.26 Å². The topological polar surface area (TPSA) is 112 Å². The third kappa shape index (κ3) is 5.02. The molecule has 0 fully saturated rings. The Hall–Kier alpha value is -3.25. The molecule has 1 aromatic carbocycles. The average Bonchev–Trinajstić information content (AvgIpc) is 3.12. The molecule has 0 saturated carbocycles. The van der Waals surface area contributed by atoms with Gasteiger partial charge in [-0.05, 0) is 50.1 Å². The number of carbonyl (C=O) groups is 2. The van der Waals surface area contributed by atoms with Crippen LogP contribution in [0.1, 0.15) is 35.4 Å². The molecule has 0 bridgehead atoms. The number of hydrogen-bond acceptors (Lipinski definition) is 5. The van der Waals surface area contributed by atoms with Crippen LogP contribution in [0, 0.1) is 25.2 Å². The number of halogens is 1. The van der Waals surface area contributed by atoms with Crippen LogP contribution in [0.3, 0.4) is 0 Å². The zero-order valence-electron chi connectivity index (χ0n) is 16.7. The van der Waals surface area contributed by atoms with E-state index in [-0.39, 0.29) is 31.2 Å². The van der Waals surface area contributed by atoms with Crippen LogP contribution in [0.2, 0.25) is 0 Å². The molecule has 0 atom stereocenters. The van der Waals surface area contributed by atoms with Crippen molar-refractivity contribution in [1.29, 1.82) is 5.26 Å². The Morgan fingerprint density at radius 3 is 2.60 bits per heavy atom. The predicted octanol–water partition coefficient (Wildman–Crippen LogP) is 3.06. The second kappa shape index (κ2) is 9.50. The third-order valence-electron chi connectivity index (χ3n) is 4.73. The van der Waals surface area contributed by atoms with E-state index in [0.29, 0.717) is 23.3 Å². The first kappa shape index (κ1) is 21.5. The first-order chi connectivity index (χ1) is 14.4. The van der Waals surface area contributed by atoms with Gasteiger partial charge >= 0.3 is 0 Å². The van der Waals surface area contributed by atoms with Crippen molar-refractivity contribution in [3.8, 4) is 6.07 Å². The first-order valence-electron chi connectivity index (χ1n) is 9.45. The maximum atomic E-state index is 12.2. The summed E-state index contributed by atoms with van der Waals surface area (Å²) in [5.74, 6) is -0.297. The van der Waals surface area contributed by atoms with Crippen LogP contribution in [0.5, 0.6) is 0 Å². The summed E-state index contributed by atoms with van der Waals surface area (Å²) in [6, 6.07) is 9.37. The van der Waals surface area contributed by atoms with Crippen LogP contribution in [-0.4, -0.2) is 33.0 Å². The fourth-order valence-electron chi connectivity index (χ4n) is 3.15. The molecular weight excluding hydrogens is 448 g/mol. The molecular formula is C21H21BrN6O2. The van der Waals surface area contributed by atoms with Crippen molar-refractivity contribution < 1.29 is 9.59 Å². The van der Waals surface area contributed by atoms with E-state index < -0.39 is 0 Å². The summed E-state index contributed by atoms with van der Waals surface area (Å²) < 4.78 is 2.57. The second-order valence-electron chi connectivity index (χ2n) is 6.82. The van der Waals surface area contributed by atoms with E-state index in [0.717, 1.165) is 21.4 Å². The van der Waals surface area contributed by atoms with E-state index in [2.05, 4.69) is 42.7 Å². The fraction of sp³-hybridized carbons (Fsp3) is 0.286. The molecule has 2 N–H and O–H groups in total. The van der Waals surface area contributed by atoms with E-state index in [9.17, 15) is 9.59 Å². The lowest BCUT2D eigenvalue weighted by molar-refractivity contribution is -0.121. The quantitative estimate of drug-likeness (QED) is 0.553. The van der Waals surface area contributed by atoms with Gasteiger partial charge in [-0.2, -0.15) is 10.4 Å². The van der Waals surface area contributed by atoms with Gasteiger partial charge in [-0.25, -0.2) is 9.50 Å². The number of nitrogens with one attached hydrogen (secondary N) is 2. The Bertz CT molecular complexity index is 1130. The lowest BCUT2D eigenvalue weighted by Gasteiger charge is -2.11. The van der Waals surface area contributed by atoms with Gasteiger partial charge in [0.2, 0.25) is 11.8 Å². The molecule has 0 aliphatic heterocycles. The number of benzene rings is 1. The minimum Gasteiger partial charge on any atom is -0.356 e. The molecule has 0 aliphatic carbocycles. The predicted molar refractivity (Wildman–Crippen MR) is 116 cm³/mol. The highest BCUT2D eigenvalue weighted by atomic mass is 79.9. The number of nitrogens with zero attached hydrogens (tertiary/aromatic N) is 4. The molecule has 0 spiro atoms. The normalized spacial score (nSPS) is 10.6. The van der Waals surface area contributed by atoms with Gasteiger partial charge in [0.1, 0.15) is 11.6 Å². The van der Waals surface area contributed by atoms with Crippen molar-refractivity contribution in [1.82, 2.24) is 19.9 Å². The second-order valence-corrected chi connectivity index (χ2v) is 7.74. The highest BCUT2D eigenvalue weighted by Crippen LogP contribution is 2.18. The molecule has 0 unspecified atom stereocenters. The van der Waals surface area contributed by atoms with E-state index in [1.165, 1.54) is 6.20 Å². The zero-order chi connectivity index (χ0) is 21.7. The fourth-order valence-corrected chi connectivity index (χ4v) is 3.42. The number of carbonyl (C=O) groups excluding carboxylic acids is 2. The van der Waals surface area contributed by atoms with Gasteiger partial charge < -0.3 is 10.6 Å². The van der Waals surface area contributed by atoms with Crippen LogP contribution in [-0.2, 0) is 16.0 Å². The Balaban J connectivity index is 1.49. The van der Waals surface area contributed by atoms with Gasteiger partial charge in [-0.3, -0.25) is 9.59 Å². The van der Waals surface area contributed by atoms with Crippen molar-refractivity contribution in [2.45, 2.75) is 33.1 Å². The van der Waals surface area contributed by atoms with E-state index in [1.54, 1.807) is 16.6 Å². The standard InChI is InChI=1S/C21H21BrN6O2/c1-13-18(14(2)28-21(26-13)15(11-23)12-25-28)7-8-19(29)24-10-9-20(30)27-17-5-3-16(22)4-6-17/h3-6,12H,7-10H2,1-2H3,(H,24,29)(H,27,30). The largest absolute Gasteiger partial charge is 0.356 e. The molecule has 3 rings (SSSR count). The summed E-state index contributed by atoms with van der Waals surface area (Å²) in [6.07, 6.45) is 2.46. The van der Waals surface area contributed by atoms with Crippen molar-refractivity contribution >= 4 is 39.1 Å². The van der Waals surface area contributed by atoms with E-state index in [1.807, 2.05) is 26.0 Å². The van der Waals surface area contributed by atoms with Crippen molar-refractivity contribution in [2.75, 3.05) is 11.9 Å². The van der Waals surface area contributed by atoms with Gasteiger partial charge in [-0.15, -0.1) is 0 Å². The molecule has 3 aromatic rings. The maximum absolute atomic E-state index is 12.2. The molecule has 2 amide bonds. The molecule has 8 nitrogen and oxygen atoms in total. The summed E-state index contributed by atoms with van der Waals surface area (Å²) in [6.45, 7) is 4.03. The number of aryl methyl sites for hydroxylation is 2. The number of aromatic nitrogens is 3. The number of rotatable bonds is 7. The monoisotopic (exact) mass is 468 g/mol. The van der Waals surface area contributed by atoms with Crippen LogP contribution in [0.15, 0.2) is 34.9 Å². The van der Waals surface area contributed by atoms with Crippen molar-refractivity contribution in [3.05, 3.63) is 57.4 Å². The Kier molecular flexibility index (Phi) is 6.79. The van der Waals surface area contributed by atoms with Gasteiger partial charge in [0, 0.05) is 40.9 Å². The minimum atomic E-state index is -0.161. The number of hydrogen-bond donors (Lipinski definition) is 2. The Labute approximate surface area is 182 Å². The number of nitriles is 1. The van der Waals surface area contributed by atoms with Gasteiger partial charge in [0.25, 0.3) is 0 Å². The van der Waals surface area contributed by atoms with Crippen LogP contribution in [0.25, 0.3) is 5.65 Å². The summed E-state index contributed by atoms with van der Waals surface area (Å²) >= 11 is 3.34. The minimum absolute atomic E-state index is 0.136. The van der Waals surface area contributed by atoms with E-state index >= 15 is 0 Å². The van der Waals surface area contributed by atoms with Gasteiger partial charge in [-0.1, -0.05) is 15.9 Å². The first-order valence-corrected chi connectivity index (χ1v) is 10.2. The third-order valence-corrected chi connectivity index (χ3v) is 5.26. The van der Waals surface area contributed by atoms with Crippen LogP contribution >= 0.6 is 15.9 Å². The Morgan fingerprint density at radius 2 is 1.90 bits per heavy atom. The highest BCUT2D eigenvalue weighted by Gasteiger charge is 2.14. The van der Waals surface area contributed by atoms with Crippen molar-refractivity contribution in [3.63, 3.8) is 0 Å². The lowest BCUT2D eigenvalue weighted by Crippen LogP contribution is -2.28. The molecule has 0 aliphatic rings. The summed E-state index contributed by atoms with van der Waals surface area (Å²) in [5.41, 5.74) is 4.23. The van der Waals surface area contributed by atoms with Crippen molar-refractivity contribution in [2.24, 2.45) is 0 Å². The number of fused-ring (bicyclic) bond motifs is 1. The van der Waals surface area contributed by atoms with Crippen LogP contribution < -0.4 is 10.6 Å². The number of amides is 2. The highest BCUT2D eigenvalue weighted by molar-refractivity contribution is 9.10. The molecule has 30 heavy (non-hydrogen) atoms. The summed E-state index contributed by atoms with van der Waals surface area (Å²) in [5, 5.41) is 18.9. The molecule has 0 saturated heterocycles. The Morgan fingerprint density at radius 1 is 1.17 bits per heavy atom. The maximum Gasteiger partial charge on any atom is 0.226 e. The zero-order valence-corrected chi connectivity index (χ0v) is 18.3. The smallest absolute Gasteiger partial charge is 0.226 e. The summed E-state index contributed by atoms with van der Waals surface area (Å²) in [7, 11) is 0. The molecule has 2 heterocycles. The lowest BCUT2D eigenvalue weighted by atomic mass is 10.1. The molecule has 9 heteroatoms. The van der Waals surface area contributed by atoms with Gasteiger partial charge in [0.15, 0.2) is 5.65 Å². The molecule has 154 valence electrons. The van der Waals surface area contributed by atoms with Gasteiger partial charge in [0.05, 0.1) is 6.20 Å². The number of anilines is 1. The summed E-state index contributed by atoms with van der Waals surface area (Å²) in [4.78, 5) is 28.6. The molecule has 0 radical (unpaired) electrons. The molecule has 2 aromatic heterocycles. The SMILES string of the molecule is Cc1nc2c(C#N)cnn2c(C)c1CCC(=O)NCCC(=O)Nc1ccc(Br)cc1. The average molecular weight is 469 g/mol.